The molecule has 0 unspecified atom stereocenters. The summed E-state index contributed by atoms with van der Waals surface area (Å²) in [7, 11) is 0. The van der Waals surface area contributed by atoms with Crippen LogP contribution in [-0.4, -0.2) is 54.3 Å². The molecule has 3 rings (SSSR count). The SMILES string of the molecule is Cc1ccc(NC(=O)C(=O)N2CCN(C/C=C/c3ccccc3)CC2)cc1. The molecular weight excluding hydrogens is 338 g/mol. The highest BCUT2D eigenvalue weighted by atomic mass is 16.2. The van der Waals surface area contributed by atoms with Crippen LogP contribution in [0.2, 0.25) is 0 Å². The first-order chi connectivity index (χ1) is 13.1. The van der Waals surface area contributed by atoms with Gasteiger partial charge in [0.1, 0.15) is 0 Å². The van der Waals surface area contributed by atoms with Crippen molar-refractivity contribution in [3.05, 3.63) is 71.8 Å². The Balaban J connectivity index is 1.44. The molecule has 0 spiro atoms. The van der Waals surface area contributed by atoms with E-state index in [1.807, 2.05) is 37.3 Å². The van der Waals surface area contributed by atoms with Crippen LogP contribution in [-0.2, 0) is 9.59 Å². The molecule has 1 N–H and O–H groups in total. The second-order valence-electron chi connectivity index (χ2n) is 6.73. The van der Waals surface area contributed by atoms with Gasteiger partial charge in [0.15, 0.2) is 0 Å². The summed E-state index contributed by atoms with van der Waals surface area (Å²) >= 11 is 0. The van der Waals surface area contributed by atoms with E-state index in [0.717, 1.165) is 25.2 Å². The summed E-state index contributed by atoms with van der Waals surface area (Å²) < 4.78 is 0. The first-order valence-corrected chi connectivity index (χ1v) is 9.23. The lowest BCUT2D eigenvalue weighted by Crippen LogP contribution is -2.51. The number of carbonyl (C=O) groups is 2. The van der Waals surface area contributed by atoms with Crippen molar-refractivity contribution in [1.82, 2.24) is 9.80 Å². The molecule has 2 aromatic carbocycles. The van der Waals surface area contributed by atoms with Crippen molar-refractivity contribution in [1.29, 1.82) is 0 Å². The van der Waals surface area contributed by atoms with Gasteiger partial charge in [-0.15, -0.1) is 0 Å². The summed E-state index contributed by atoms with van der Waals surface area (Å²) in [6, 6.07) is 17.6. The van der Waals surface area contributed by atoms with E-state index in [0.29, 0.717) is 18.8 Å². The highest BCUT2D eigenvalue weighted by molar-refractivity contribution is 6.39. The van der Waals surface area contributed by atoms with Gasteiger partial charge in [0, 0.05) is 38.4 Å². The van der Waals surface area contributed by atoms with Crippen molar-refractivity contribution in [3.8, 4) is 0 Å². The number of benzene rings is 2. The maximum absolute atomic E-state index is 12.4. The Kier molecular flexibility index (Phi) is 6.39. The second kappa shape index (κ2) is 9.14. The first-order valence-electron chi connectivity index (χ1n) is 9.23. The molecule has 0 saturated carbocycles. The lowest BCUT2D eigenvalue weighted by Gasteiger charge is -2.33. The fraction of sp³-hybridized carbons (Fsp3) is 0.273. The summed E-state index contributed by atoms with van der Waals surface area (Å²) in [4.78, 5) is 28.4. The van der Waals surface area contributed by atoms with E-state index in [4.69, 9.17) is 0 Å². The predicted octanol–water partition coefficient (Wildman–Crippen LogP) is 2.79. The Hall–Kier alpha value is -2.92. The smallest absolute Gasteiger partial charge is 0.313 e. The molecule has 2 amide bonds. The van der Waals surface area contributed by atoms with Crippen molar-refractivity contribution in [2.45, 2.75) is 6.92 Å². The molecule has 0 aliphatic carbocycles. The molecule has 27 heavy (non-hydrogen) atoms. The number of hydrogen-bond acceptors (Lipinski definition) is 3. The Morgan fingerprint density at radius 1 is 0.963 bits per heavy atom. The first kappa shape index (κ1) is 18.9. The molecule has 0 bridgehead atoms. The lowest BCUT2D eigenvalue weighted by atomic mass is 10.2. The summed E-state index contributed by atoms with van der Waals surface area (Å²) in [5.41, 5.74) is 2.93. The van der Waals surface area contributed by atoms with Crippen LogP contribution in [0.1, 0.15) is 11.1 Å². The van der Waals surface area contributed by atoms with Crippen LogP contribution in [0.5, 0.6) is 0 Å². The zero-order valence-corrected chi connectivity index (χ0v) is 15.6. The van der Waals surface area contributed by atoms with E-state index in [1.54, 1.807) is 17.0 Å². The fourth-order valence-electron chi connectivity index (χ4n) is 3.00. The van der Waals surface area contributed by atoms with Gasteiger partial charge in [-0.3, -0.25) is 14.5 Å². The van der Waals surface area contributed by atoms with Gasteiger partial charge < -0.3 is 10.2 Å². The quantitative estimate of drug-likeness (QED) is 0.850. The van der Waals surface area contributed by atoms with Crippen LogP contribution < -0.4 is 5.32 Å². The van der Waals surface area contributed by atoms with Gasteiger partial charge in [0.25, 0.3) is 0 Å². The average molecular weight is 363 g/mol. The van der Waals surface area contributed by atoms with Crippen LogP contribution in [0, 0.1) is 6.92 Å². The number of amides is 2. The highest BCUT2D eigenvalue weighted by Gasteiger charge is 2.25. The van der Waals surface area contributed by atoms with Crippen LogP contribution in [0.25, 0.3) is 6.08 Å². The van der Waals surface area contributed by atoms with Gasteiger partial charge in [0.05, 0.1) is 0 Å². The lowest BCUT2D eigenvalue weighted by molar-refractivity contribution is -0.144. The number of nitrogens with one attached hydrogen (secondary N) is 1. The van der Waals surface area contributed by atoms with Crippen molar-refractivity contribution in [2.75, 3.05) is 38.0 Å². The van der Waals surface area contributed by atoms with E-state index < -0.39 is 11.8 Å². The van der Waals surface area contributed by atoms with Crippen molar-refractivity contribution in [2.24, 2.45) is 0 Å². The normalized spacial score (nSPS) is 15.1. The van der Waals surface area contributed by atoms with Gasteiger partial charge in [0.2, 0.25) is 0 Å². The number of piperazine rings is 1. The summed E-state index contributed by atoms with van der Waals surface area (Å²) in [5, 5.41) is 2.67. The molecule has 2 aromatic rings. The summed E-state index contributed by atoms with van der Waals surface area (Å²) in [5.74, 6) is -1.04. The molecule has 1 aliphatic heterocycles. The standard InChI is InChI=1S/C22H25N3O2/c1-18-9-11-20(12-10-18)23-21(26)22(27)25-16-14-24(15-17-25)13-5-8-19-6-3-2-4-7-19/h2-12H,13-17H2,1H3,(H,23,26)/b8-5+. The van der Waals surface area contributed by atoms with Crippen molar-refractivity contribution in [3.63, 3.8) is 0 Å². The molecule has 5 heteroatoms. The number of nitrogens with zero attached hydrogens (tertiary/aromatic N) is 2. The van der Waals surface area contributed by atoms with Gasteiger partial charge >= 0.3 is 11.8 Å². The average Bonchev–Trinajstić information content (AvgIpc) is 2.70. The molecule has 1 aliphatic rings. The Morgan fingerprint density at radius 3 is 2.30 bits per heavy atom. The van der Waals surface area contributed by atoms with E-state index in [-0.39, 0.29) is 0 Å². The number of hydrogen-bond donors (Lipinski definition) is 1. The van der Waals surface area contributed by atoms with Crippen LogP contribution >= 0.6 is 0 Å². The third-order valence-electron chi connectivity index (χ3n) is 4.64. The predicted molar refractivity (Wildman–Crippen MR) is 108 cm³/mol. The Labute approximate surface area is 160 Å². The molecule has 1 heterocycles. The number of anilines is 1. The topological polar surface area (TPSA) is 52.7 Å². The molecule has 140 valence electrons. The van der Waals surface area contributed by atoms with Crippen LogP contribution in [0.3, 0.4) is 0 Å². The number of aryl methyl sites for hydroxylation is 1. The molecule has 1 saturated heterocycles. The zero-order chi connectivity index (χ0) is 19.1. The van der Waals surface area contributed by atoms with E-state index in [1.165, 1.54) is 5.56 Å². The van der Waals surface area contributed by atoms with Gasteiger partial charge in [-0.25, -0.2) is 0 Å². The Bertz CT molecular complexity index is 792. The van der Waals surface area contributed by atoms with Gasteiger partial charge in [-0.1, -0.05) is 60.2 Å². The summed E-state index contributed by atoms with van der Waals surface area (Å²) in [6.07, 6.45) is 4.24. The Morgan fingerprint density at radius 2 is 1.63 bits per heavy atom. The van der Waals surface area contributed by atoms with Crippen LogP contribution in [0.15, 0.2) is 60.7 Å². The fourth-order valence-corrected chi connectivity index (χ4v) is 3.00. The van der Waals surface area contributed by atoms with E-state index >= 15 is 0 Å². The van der Waals surface area contributed by atoms with Gasteiger partial charge in [-0.05, 0) is 24.6 Å². The highest BCUT2D eigenvalue weighted by Crippen LogP contribution is 2.10. The molecule has 1 fully saturated rings. The summed E-state index contributed by atoms with van der Waals surface area (Å²) in [6.45, 7) is 5.49. The largest absolute Gasteiger partial charge is 0.332 e. The minimum atomic E-state index is -0.573. The third kappa shape index (κ3) is 5.53. The van der Waals surface area contributed by atoms with E-state index in [2.05, 4.69) is 34.5 Å². The number of carbonyl (C=O) groups excluding carboxylic acids is 2. The number of rotatable bonds is 4. The second-order valence-corrected chi connectivity index (χ2v) is 6.73. The maximum atomic E-state index is 12.4. The zero-order valence-electron chi connectivity index (χ0n) is 15.6. The molecule has 5 nitrogen and oxygen atoms in total. The molecular formula is C22H25N3O2. The maximum Gasteiger partial charge on any atom is 0.313 e. The van der Waals surface area contributed by atoms with E-state index in [9.17, 15) is 9.59 Å². The molecule has 0 radical (unpaired) electrons. The van der Waals surface area contributed by atoms with Gasteiger partial charge in [-0.2, -0.15) is 0 Å². The van der Waals surface area contributed by atoms with Crippen LogP contribution in [0.4, 0.5) is 5.69 Å². The monoisotopic (exact) mass is 363 g/mol. The minimum absolute atomic E-state index is 0.463. The molecule has 0 aromatic heterocycles. The van der Waals surface area contributed by atoms with Crippen molar-refractivity contribution < 1.29 is 9.59 Å². The molecule has 0 atom stereocenters. The van der Waals surface area contributed by atoms with Crippen molar-refractivity contribution >= 4 is 23.6 Å². The third-order valence-corrected chi connectivity index (χ3v) is 4.64. The minimum Gasteiger partial charge on any atom is -0.332 e.